The molecule has 0 heterocycles. The average Bonchev–Trinajstić information content (AvgIpc) is 2.27. The van der Waals surface area contributed by atoms with Crippen molar-refractivity contribution in [2.45, 2.75) is 32.4 Å². The summed E-state index contributed by atoms with van der Waals surface area (Å²) in [5.74, 6) is -1.73. The van der Waals surface area contributed by atoms with Gasteiger partial charge in [-0.25, -0.2) is 4.39 Å². The minimum Gasteiger partial charge on any atom is -0.326 e. The van der Waals surface area contributed by atoms with E-state index in [4.69, 9.17) is 0 Å². The van der Waals surface area contributed by atoms with Crippen LogP contribution in [0.4, 0.5) is 23.2 Å². The van der Waals surface area contributed by atoms with Crippen molar-refractivity contribution in [1.29, 1.82) is 0 Å². The minimum atomic E-state index is -4.77. The Labute approximate surface area is 102 Å². The Balaban J connectivity index is 2.83. The number of nitrogens with one attached hydrogen (secondary N) is 1. The van der Waals surface area contributed by atoms with Crippen LogP contribution in [0.25, 0.3) is 0 Å². The Morgan fingerprint density at radius 1 is 1.33 bits per heavy atom. The van der Waals surface area contributed by atoms with Crippen LogP contribution in [0.2, 0.25) is 0 Å². The molecule has 2 nitrogen and oxygen atoms in total. The molecule has 1 aromatic carbocycles. The van der Waals surface area contributed by atoms with Gasteiger partial charge in [0.25, 0.3) is 0 Å². The highest BCUT2D eigenvalue weighted by Crippen LogP contribution is 2.32. The van der Waals surface area contributed by atoms with Crippen LogP contribution in [0, 0.1) is 5.82 Å². The molecule has 0 aromatic heterocycles. The van der Waals surface area contributed by atoms with Crippen molar-refractivity contribution in [3.8, 4) is 0 Å². The van der Waals surface area contributed by atoms with Crippen LogP contribution < -0.4 is 5.32 Å². The molecule has 0 saturated heterocycles. The van der Waals surface area contributed by atoms with Crippen LogP contribution >= 0.6 is 0 Å². The molecular weight excluding hydrogens is 250 g/mol. The normalized spacial score (nSPS) is 11.4. The quantitative estimate of drug-likeness (QED) is 0.818. The molecule has 0 fully saturated rings. The second kappa shape index (κ2) is 5.84. The average molecular weight is 263 g/mol. The number of hydrogen-bond acceptors (Lipinski definition) is 1. The Morgan fingerprint density at radius 3 is 2.56 bits per heavy atom. The van der Waals surface area contributed by atoms with Gasteiger partial charge >= 0.3 is 6.18 Å². The zero-order valence-corrected chi connectivity index (χ0v) is 9.77. The summed E-state index contributed by atoms with van der Waals surface area (Å²) in [5.41, 5.74) is -1.43. The molecule has 0 radical (unpaired) electrons. The predicted octanol–water partition coefficient (Wildman–Crippen LogP) is 3.97. The van der Waals surface area contributed by atoms with Crippen LogP contribution in [0.3, 0.4) is 0 Å². The lowest BCUT2D eigenvalue weighted by Crippen LogP contribution is -2.13. The first-order chi connectivity index (χ1) is 8.34. The SMILES string of the molecule is CCCCC(=O)Nc1ccc(F)c(C(F)(F)F)c1. The van der Waals surface area contributed by atoms with Gasteiger partial charge in [-0.3, -0.25) is 4.79 Å². The Hall–Kier alpha value is -1.59. The lowest BCUT2D eigenvalue weighted by molar-refractivity contribution is -0.140. The number of anilines is 1. The van der Waals surface area contributed by atoms with Crippen LogP contribution in [-0.4, -0.2) is 5.91 Å². The number of alkyl halides is 3. The summed E-state index contributed by atoms with van der Waals surface area (Å²) in [6, 6.07) is 2.39. The zero-order chi connectivity index (χ0) is 13.8. The van der Waals surface area contributed by atoms with E-state index < -0.39 is 17.6 Å². The molecule has 1 aromatic rings. The van der Waals surface area contributed by atoms with Gasteiger partial charge in [-0.05, 0) is 24.6 Å². The van der Waals surface area contributed by atoms with E-state index in [0.717, 1.165) is 12.5 Å². The maximum atomic E-state index is 13.0. The largest absolute Gasteiger partial charge is 0.419 e. The van der Waals surface area contributed by atoms with Crippen LogP contribution in [-0.2, 0) is 11.0 Å². The number of unbranched alkanes of at least 4 members (excludes halogenated alkanes) is 1. The molecular formula is C12H13F4NO. The van der Waals surface area contributed by atoms with E-state index in [1.807, 2.05) is 6.92 Å². The van der Waals surface area contributed by atoms with Gasteiger partial charge in [0.15, 0.2) is 0 Å². The summed E-state index contributed by atoms with van der Waals surface area (Å²) in [6.45, 7) is 1.90. The van der Waals surface area contributed by atoms with Crippen molar-refractivity contribution in [1.82, 2.24) is 0 Å². The number of carbonyl (C=O) groups excluding carboxylic acids is 1. The number of carbonyl (C=O) groups is 1. The smallest absolute Gasteiger partial charge is 0.326 e. The van der Waals surface area contributed by atoms with Gasteiger partial charge in [0.2, 0.25) is 5.91 Å². The summed E-state index contributed by atoms with van der Waals surface area (Å²) >= 11 is 0. The van der Waals surface area contributed by atoms with Gasteiger partial charge in [0, 0.05) is 12.1 Å². The molecule has 0 aliphatic carbocycles. The van der Waals surface area contributed by atoms with E-state index in [2.05, 4.69) is 5.32 Å². The highest BCUT2D eigenvalue weighted by Gasteiger charge is 2.34. The third-order valence-corrected chi connectivity index (χ3v) is 2.31. The standard InChI is InChI=1S/C12H13F4NO/c1-2-3-4-11(18)17-8-5-6-10(13)9(7-8)12(14,15)16/h5-7H,2-4H2,1H3,(H,17,18). The van der Waals surface area contributed by atoms with E-state index in [1.165, 1.54) is 0 Å². The van der Waals surface area contributed by atoms with Gasteiger partial charge in [-0.15, -0.1) is 0 Å². The Kier molecular flexibility index (Phi) is 4.69. The summed E-state index contributed by atoms with van der Waals surface area (Å²) in [4.78, 5) is 11.3. The number of rotatable bonds is 4. The fourth-order valence-corrected chi connectivity index (χ4v) is 1.38. The molecule has 0 saturated carbocycles. The van der Waals surface area contributed by atoms with E-state index in [0.29, 0.717) is 18.6 Å². The first kappa shape index (κ1) is 14.5. The van der Waals surface area contributed by atoms with E-state index in [-0.39, 0.29) is 18.0 Å². The van der Waals surface area contributed by atoms with Gasteiger partial charge in [-0.2, -0.15) is 13.2 Å². The third-order valence-electron chi connectivity index (χ3n) is 2.31. The highest BCUT2D eigenvalue weighted by atomic mass is 19.4. The van der Waals surface area contributed by atoms with Crippen molar-refractivity contribution in [2.24, 2.45) is 0 Å². The van der Waals surface area contributed by atoms with Gasteiger partial charge in [-0.1, -0.05) is 13.3 Å². The number of benzene rings is 1. The molecule has 0 unspecified atom stereocenters. The van der Waals surface area contributed by atoms with Crippen LogP contribution in [0.1, 0.15) is 31.7 Å². The number of halogens is 4. The first-order valence-electron chi connectivity index (χ1n) is 5.51. The second-order valence-corrected chi connectivity index (χ2v) is 3.84. The van der Waals surface area contributed by atoms with Crippen LogP contribution in [0.5, 0.6) is 0 Å². The Bertz CT molecular complexity index is 429. The summed E-state index contributed by atoms with van der Waals surface area (Å²) in [6.07, 6.45) is -3.08. The van der Waals surface area contributed by atoms with Gasteiger partial charge in [0.05, 0.1) is 5.56 Å². The molecule has 0 bridgehead atoms. The topological polar surface area (TPSA) is 29.1 Å². The molecule has 1 amide bonds. The molecule has 100 valence electrons. The number of hydrogen-bond donors (Lipinski definition) is 1. The first-order valence-corrected chi connectivity index (χ1v) is 5.51. The molecule has 6 heteroatoms. The van der Waals surface area contributed by atoms with Gasteiger partial charge in [0.1, 0.15) is 5.82 Å². The van der Waals surface area contributed by atoms with Gasteiger partial charge < -0.3 is 5.32 Å². The van der Waals surface area contributed by atoms with Crippen molar-refractivity contribution in [2.75, 3.05) is 5.32 Å². The van der Waals surface area contributed by atoms with Crippen molar-refractivity contribution < 1.29 is 22.4 Å². The zero-order valence-electron chi connectivity index (χ0n) is 9.77. The summed E-state index contributed by atoms with van der Waals surface area (Å²) in [5, 5.41) is 2.31. The monoisotopic (exact) mass is 263 g/mol. The molecule has 1 N–H and O–H groups in total. The molecule has 18 heavy (non-hydrogen) atoms. The van der Waals surface area contributed by atoms with Crippen molar-refractivity contribution in [3.05, 3.63) is 29.6 Å². The summed E-state index contributed by atoms with van der Waals surface area (Å²) < 4.78 is 50.2. The third kappa shape index (κ3) is 4.01. The van der Waals surface area contributed by atoms with Crippen LogP contribution in [0.15, 0.2) is 18.2 Å². The van der Waals surface area contributed by atoms with E-state index >= 15 is 0 Å². The molecule has 0 aliphatic heterocycles. The lowest BCUT2D eigenvalue weighted by Gasteiger charge is -2.10. The molecule has 0 spiro atoms. The number of amides is 1. The maximum Gasteiger partial charge on any atom is 0.419 e. The maximum absolute atomic E-state index is 13.0. The van der Waals surface area contributed by atoms with Crippen molar-refractivity contribution >= 4 is 11.6 Å². The second-order valence-electron chi connectivity index (χ2n) is 3.84. The molecule has 0 aliphatic rings. The molecule has 0 atom stereocenters. The van der Waals surface area contributed by atoms with E-state index in [1.54, 1.807) is 0 Å². The fourth-order valence-electron chi connectivity index (χ4n) is 1.38. The van der Waals surface area contributed by atoms with Crippen molar-refractivity contribution in [3.63, 3.8) is 0 Å². The Morgan fingerprint density at radius 2 is 2.00 bits per heavy atom. The predicted molar refractivity (Wildman–Crippen MR) is 59.6 cm³/mol. The van der Waals surface area contributed by atoms with E-state index in [9.17, 15) is 22.4 Å². The highest BCUT2D eigenvalue weighted by molar-refractivity contribution is 5.90. The fraction of sp³-hybridized carbons (Fsp3) is 0.417. The lowest BCUT2D eigenvalue weighted by atomic mass is 10.1. The summed E-state index contributed by atoms with van der Waals surface area (Å²) in [7, 11) is 0. The minimum absolute atomic E-state index is 0.0511. The molecule has 1 rings (SSSR count).